The molecule has 0 heterocycles. The largest absolute Gasteiger partial charge is 0.338 e. The minimum absolute atomic E-state index is 0.161. The molecule has 2 N–H and O–H groups in total. The number of nitrogens with one attached hydrogen (secondary N) is 2. The molecule has 2 rings (SSSR count). The lowest BCUT2D eigenvalue weighted by Crippen LogP contribution is -2.37. The fraction of sp³-hybridized carbons (Fsp3) is 0.0714. The summed E-state index contributed by atoms with van der Waals surface area (Å²) in [5.41, 5.74) is 0.478. The van der Waals surface area contributed by atoms with E-state index in [0.717, 1.165) is 0 Å². The van der Waals surface area contributed by atoms with E-state index in [1.54, 1.807) is 48.5 Å². The third-order valence-electron chi connectivity index (χ3n) is 2.60. The Morgan fingerprint density at radius 2 is 1.45 bits per heavy atom. The van der Waals surface area contributed by atoms with E-state index < -0.39 is 10.0 Å². The lowest BCUT2D eigenvalue weighted by Gasteiger charge is -2.08. The Bertz CT molecular complexity index is 670. The highest BCUT2D eigenvalue weighted by Gasteiger charge is 2.13. The minimum Gasteiger partial charge on any atom is -0.338 e. The first-order valence-electron chi connectivity index (χ1n) is 5.97. The Balaban J connectivity index is 1.92. The number of hydrogen-bond donors (Lipinski definition) is 2. The van der Waals surface area contributed by atoms with Crippen molar-refractivity contribution in [3.8, 4) is 0 Å². The zero-order valence-electron chi connectivity index (χ0n) is 10.6. The van der Waals surface area contributed by atoms with Gasteiger partial charge in [0.2, 0.25) is 10.0 Å². The predicted molar refractivity (Wildman–Crippen MR) is 75.5 cm³/mol. The molecule has 0 spiro atoms. The van der Waals surface area contributed by atoms with Crippen molar-refractivity contribution < 1.29 is 13.2 Å². The van der Waals surface area contributed by atoms with Gasteiger partial charge in [0, 0.05) is 5.56 Å². The number of carbonyl (C=O) groups is 1. The van der Waals surface area contributed by atoms with Crippen LogP contribution in [0.25, 0.3) is 0 Å². The zero-order chi connectivity index (χ0) is 14.4. The summed E-state index contributed by atoms with van der Waals surface area (Å²) in [6.07, 6.45) is 0. The van der Waals surface area contributed by atoms with Gasteiger partial charge in [0.05, 0.1) is 11.6 Å². The van der Waals surface area contributed by atoms with Gasteiger partial charge < -0.3 is 5.32 Å². The van der Waals surface area contributed by atoms with E-state index in [9.17, 15) is 13.2 Å². The van der Waals surface area contributed by atoms with E-state index in [2.05, 4.69) is 10.0 Å². The average molecular weight is 290 g/mol. The topological polar surface area (TPSA) is 75.3 Å². The molecule has 0 unspecified atom stereocenters. The van der Waals surface area contributed by atoms with E-state index in [1.807, 2.05) is 0 Å². The van der Waals surface area contributed by atoms with Crippen LogP contribution in [0.4, 0.5) is 0 Å². The Kier molecular flexibility index (Phi) is 4.49. The van der Waals surface area contributed by atoms with Crippen LogP contribution in [0.2, 0.25) is 0 Å². The van der Waals surface area contributed by atoms with Crippen molar-refractivity contribution in [2.75, 3.05) is 6.67 Å². The first-order chi connectivity index (χ1) is 9.59. The highest BCUT2D eigenvalue weighted by molar-refractivity contribution is 7.89. The maximum Gasteiger partial charge on any atom is 0.252 e. The van der Waals surface area contributed by atoms with E-state index >= 15 is 0 Å². The SMILES string of the molecule is O=C(NCNS(=O)(=O)c1ccccc1)c1ccccc1. The Morgan fingerprint density at radius 1 is 0.900 bits per heavy atom. The molecule has 0 aromatic heterocycles. The molecule has 5 nitrogen and oxygen atoms in total. The number of hydrogen-bond acceptors (Lipinski definition) is 3. The van der Waals surface area contributed by atoms with Crippen LogP contribution in [0.3, 0.4) is 0 Å². The van der Waals surface area contributed by atoms with Gasteiger partial charge in [-0.15, -0.1) is 0 Å². The van der Waals surface area contributed by atoms with E-state index in [-0.39, 0.29) is 17.5 Å². The third kappa shape index (κ3) is 3.66. The van der Waals surface area contributed by atoms with Crippen molar-refractivity contribution in [3.05, 3.63) is 66.2 Å². The van der Waals surface area contributed by atoms with Gasteiger partial charge in [-0.05, 0) is 24.3 Å². The predicted octanol–water partition coefficient (Wildman–Crippen LogP) is 1.35. The minimum atomic E-state index is -3.60. The van der Waals surface area contributed by atoms with Crippen LogP contribution in [-0.2, 0) is 10.0 Å². The fourth-order valence-electron chi connectivity index (χ4n) is 1.59. The molecule has 1 amide bonds. The molecular formula is C14H14N2O3S. The molecule has 0 aliphatic rings. The second kappa shape index (κ2) is 6.31. The molecule has 0 aliphatic carbocycles. The van der Waals surface area contributed by atoms with Crippen molar-refractivity contribution in [1.29, 1.82) is 0 Å². The second-order valence-electron chi connectivity index (χ2n) is 4.01. The maximum absolute atomic E-state index is 11.9. The Morgan fingerprint density at radius 3 is 2.05 bits per heavy atom. The van der Waals surface area contributed by atoms with Gasteiger partial charge in [0.1, 0.15) is 0 Å². The third-order valence-corrected chi connectivity index (χ3v) is 4.02. The summed E-state index contributed by atoms with van der Waals surface area (Å²) < 4.78 is 26.1. The van der Waals surface area contributed by atoms with Gasteiger partial charge in [-0.25, -0.2) is 8.42 Å². The number of amides is 1. The zero-order valence-corrected chi connectivity index (χ0v) is 11.4. The molecule has 0 radical (unpaired) electrons. The standard InChI is InChI=1S/C14H14N2O3S/c17-14(12-7-3-1-4-8-12)15-11-16-20(18,19)13-9-5-2-6-10-13/h1-10,16H,11H2,(H,15,17). The van der Waals surface area contributed by atoms with Gasteiger partial charge in [0.15, 0.2) is 0 Å². The molecule has 2 aromatic rings. The first-order valence-corrected chi connectivity index (χ1v) is 7.46. The molecular weight excluding hydrogens is 276 g/mol. The molecule has 0 saturated heterocycles. The molecule has 0 aliphatic heterocycles. The highest BCUT2D eigenvalue weighted by Crippen LogP contribution is 2.06. The van der Waals surface area contributed by atoms with Crippen molar-refractivity contribution >= 4 is 15.9 Å². The van der Waals surface area contributed by atoms with Crippen molar-refractivity contribution in [2.24, 2.45) is 0 Å². The van der Waals surface area contributed by atoms with E-state index in [1.165, 1.54) is 12.1 Å². The lowest BCUT2D eigenvalue weighted by molar-refractivity contribution is 0.0953. The van der Waals surface area contributed by atoms with Gasteiger partial charge in [-0.1, -0.05) is 36.4 Å². The summed E-state index contributed by atoms with van der Waals surface area (Å²) >= 11 is 0. The molecule has 104 valence electrons. The summed E-state index contributed by atoms with van der Waals surface area (Å²) in [6, 6.07) is 16.6. The molecule has 0 atom stereocenters. The van der Waals surface area contributed by atoms with Crippen LogP contribution in [-0.4, -0.2) is 21.0 Å². The van der Waals surface area contributed by atoms with Crippen molar-refractivity contribution in [1.82, 2.24) is 10.0 Å². The summed E-state index contributed by atoms with van der Waals surface area (Å²) in [5, 5.41) is 2.50. The highest BCUT2D eigenvalue weighted by atomic mass is 32.2. The van der Waals surface area contributed by atoms with Gasteiger partial charge >= 0.3 is 0 Å². The maximum atomic E-state index is 11.9. The average Bonchev–Trinajstić information content (AvgIpc) is 2.49. The molecule has 6 heteroatoms. The molecule has 0 bridgehead atoms. The van der Waals surface area contributed by atoms with Crippen LogP contribution >= 0.6 is 0 Å². The Labute approximate surface area is 117 Å². The fourth-order valence-corrected chi connectivity index (χ4v) is 2.53. The van der Waals surface area contributed by atoms with Crippen molar-refractivity contribution in [2.45, 2.75) is 4.90 Å². The summed E-state index contributed by atoms with van der Waals surface area (Å²) in [6.45, 7) is -0.162. The molecule has 20 heavy (non-hydrogen) atoms. The van der Waals surface area contributed by atoms with E-state index in [4.69, 9.17) is 0 Å². The molecule has 2 aromatic carbocycles. The second-order valence-corrected chi connectivity index (χ2v) is 5.78. The first kappa shape index (κ1) is 14.2. The number of benzene rings is 2. The van der Waals surface area contributed by atoms with Crippen LogP contribution in [0, 0.1) is 0 Å². The van der Waals surface area contributed by atoms with Crippen LogP contribution in [0.1, 0.15) is 10.4 Å². The van der Waals surface area contributed by atoms with Crippen LogP contribution in [0.15, 0.2) is 65.6 Å². The smallest absolute Gasteiger partial charge is 0.252 e. The van der Waals surface area contributed by atoms with Gasteiger partial charge in [-0.2, -0.15) is 4.72 Å². The monoisotopic (exact) mass is 290 g/mol. The van der Waals surface area contributed by atoms with Gasteiger partial charge in [-0.3, -0.25) is 4.79 Å². The van der Waals surface area contributed by atoms with Gasteiger partial charge in [0.25, 0.3) is 5.91 Å². The van der Waals surface area contributed by atoms with E-state index in [0.29, 0.717) is 5.56 Å². The summed E-state index contributed by atoms with van der Waals surface area (Å²) in [4.78, 5) is 11.9. The van der Waals surface area contributed by atoms with Crippen molar-refractivity contribution in [3.63, 3.8) is 0 Å². The molecule has 0 saturated carbocycles. The molecule has 0 fully saturated rings. The Hall–Kier alpha value is -2.18. The number of rotatable bonds is 5. The summed E-state index contributed by atoms with van der Waals surface area (Å²) in [5.74, 6) is -0.332. The lowest BCUT2D eigenvalue weighted by atomic mass is 10.2. The summed E-state index contributed by atoms with van der Waals surface area (Å²) in [7, 11) is -3.60. The normalized spacial score (nSPS) is 11.0. The number of sulfonamides is 1. The number of carbonyl (C=O) groups excluding carboxylic acids is 1. The van der Waals surface area contributed by atoms with Crippen LogP contribution in [0.5, 0.6) is 0 Å². The van der Waals surface area contributed by atoms with Crippen LogP contribution < -0.4 is 10.0 Å². The quantitative estimate of drug-likeness (QED) is 0.816.